The lowest BCUT2D eigenvalue weighted by Crippen LogP contribution is -2.29. The van der Waals surface area contributed by atoms with E-state index in [9.17, 15) is 14.7 Å². The molecule has 2 N–H and O–H groups in total. The fraction of sp³-hybridized carbons (Fsp3) is 0.100. The zero-order chi connectivity index (χ0) is 19.4. The number of carbonyl (C=O) groups is 1. The summed E-state index contributed by atoms with van der Waals surface area (Å²) in [5.74, 6) is 0.317. The molecule has 138 valence electrons. The molecule has 0 saturated carbocycles. The van der Waals surface area contributed by atoms with Crippen molar-refractivity contribution in [3.63, 3.8) is 0 Å². The predicted molar refractivity (Wildman–Crippen MR) is 107 cm³/mol. The number of anilines is 1. The summed E-state index contributed by atoms with van der Waals surface area (Å²) in [6.07, 6.45) is 3.06. The van der Waals surface area contributed by atoms with Gasteiger partial charge in [-0.05, 0) is 35.9 Å². The first-order chi connectivity index (χ1) is 13.0. The van der Waals surface area contributed by atoms with Crippen LogP contribution in [0.4, 0.5) is 5.69 Å². The summed E-state index contributed by atoms with van der Waals surface area (Å²) in [5, 5.41) is 12.3. The van der Waals surface area contributed by atoms with Crippen molar-refractivity contribution < 1.29 is 14.6 Å². The Morgan fingerprint density at radius 2 is 2.00 bits per heavy atom. The van der Waals surface area contributed by atoms with Crippen LogP contribution < -0.4 is 24.8 Å². The summed E-state index contributed by atoms with van der Waals surface area (Å²) in [5.41, 5.74) is 1.05. The summed E-state index contributed by atoms with van der Waals surface area (Å²) in [6.45, 7) is 0. The number of hydrogen-bond acceptors (Lipinski definition) is 5. The van der Waals surface area contributed by atoms with Gasteiger partial charge in [0, 0.05) is 13.1 Å². The Morgan fingerprint density at radius 1 is 1.22 bits per heavy atom. The van der Waals surface area contributed by atoms with E-state index in [2.05, 4.69) is 5.32 Å². The molecule has 0 spiro atoms. The molecule has 1 amide bonds. The third-order valence-corrected chi connectivity index (χ3v) is 4.96. The number of nitrogens with zero attached hydrogens (tertiary/aromatic N) is 1. The first-order valence-corrected chi connectivity index (χ1v) is 8.92. The molecule has 3 rings (SSSR count). The molecular weight excluding hydrogens is 364 g/mol. The van der Waals surface area contributed by atoms with Gasteiger partial charge in [-0.2, -0.15) is 0 Å². The summed E-state index contributed by atoms with van der Waals surface area (Å²) in [4.78, 5) is 24.8. The number of aromatic nitrogens is 1. The minimum atomic E-state index is -0.361. The molecule has 2 aromatic carbocycles. The van der Waals surface area contributed by atoms with E-state index in [0.717, 1.165) is 0 Å². The van der Waals surface area contributed by atoms with E-state index in [1.807, 2.05) is 6.07 Å². The molecule has 0 aliphatic rings. The van der Waals surface area contributed by atoms with Crippen LogP contribution in [0.2, 0.25) is 0 Å². The molecule has 1 heterocycles. The molecule has 3 aromatic rings. The molecule has 0 aliphatic heterocycles. The average Bonchev–Trinajstić information content (AvgIpc) is 2.90. The Hall–Kier alpha value is -3.32. The zero-order valence-electron chi connectivity index (χ0n) is 14.8. The highest BCUT2D eigenvalue weighted by Gasteiger charge is 2.06. The highest BCUT2D eigenvalue weighted by atomic mass is 32.1. The Kier molecular flexibility index (Phi) is 5.42. The lowest BCUT2D eigenvalue weighted by molar-refractivity contribution is -0.110. The monoisotopic (exact) mass is 382 g/mol. The van der Waals surface area contributed by atoms with Crippen LogP contribution in [0.15, 0.2) is 53.3 Å². The van der Waals surface area contributed by atoms with Gasteiger partial charge >= 0.3 is 0 Å². The summed E-state index contributed by atoms with van der Waals surface area (Å²) < 4.78 is 7.62. The maximum absolute atomic E-state index is 12.4. The van der Waals surface area contributed by atoms with Crippen LogP contribution in [-0.2, 0) is 11.8 Å². The van der Waals surface area contributed by atoms with Crippen molar-refractivity contribution in [2.45, 2.75) is 0 Å². The van der Waals surface area contributed by atoms with Gasteiger partial charge in [-0.15, -0.1) is 11.3 Å². The zero-order valence-corrected chi connectivity index (χ0v) is 15.6. The first-order valence-electron chi connectivity index (χ1n) is 8.10. The van der Waals surface area contributed by atoms with Crippen molar-refractivity contribution >= 4 is 35.1 Å². The summed E-state index contributed by atoms with van der Waals surface area (Å²) in [6, 6.07) is 13.7. The third-order valence-electron chi connectivity index (χ3n) is 3.85. The van der Waals surface area contributed by atoms with E-state index in [4.69, 9.17) is 4.74 Å². The van der Waals surface area contributed by atoms with Gasteiger partial charge in [-0.25, -0.2) is 0 Å². The molecule has 1 aromatic heterocycles. The van der Waals surface area contributed by atoms with E-state index in [1.165, 1.54) is 29.1 Å². The second-order valence-corrected chi connectivity index (χ2v) is 6.80. The van der Waals surface area contributed by atoms with Crippen molar-refractivity contribution in [3.05, 3.63) is 73.6 Å². The van der Waals surface area contributed by atoms with Gasteiger partial charge in [0.15, 0.2) is 0 Å². The number of thiazole rings is 1. The number of benzene rings is 2. The SMILES string of the molecule is COc1ccccc1NC(=O)/C=c1\s/c(=C\c2cccc(O)c2)c(=O)n1C. The van der Waals surface area contributed by atoms with Gasteiger partial charge in [-0.1, -0.05) is 24.3 Å². The van der Waals surface area contributed by atoms with E-state index in [1.54, 1.807) is 55.6 Å². The van der Waals surface area contributed by atoms with Gasteiger partial charge in [0.25, 0.3) is 11.5 Å². The summed E-state index contributed by atoms with van der Waals surface area (Å²) in [7, 11) is 3.14. The summed E-state index contributed by atoms with van der Waals surface area (Å²) >= 11 is 1.20. The van der Waals surface area contributed by atoms with Gasteiger partial charge in [0.05, 0.1) is 17.3 Å². The maximum atomic E-state index is 12.4. The fourth-order valence-electron chi connectivity index (χ4n) is 2.50. The number of phenols is 1. The lowest BCUT2D eigenvalue weighted by atomic mass is 10.2. The smallest absolute Gasteiger partial charge is 0.268 e. The predicted octanol–water partition coefficient (Wildman–Crippen LogP) is 1.41. The number of methoxy groups -OCH3 is 1. The number of phenolic OH excluding ortho intramolecular Hbond substituents is 1. The number of nitrogens with one attached hydrogen (secondary N) is 1. The molecule has 0 saturated heterocycles. The van der Waals surface area contributed by atoms with E-state index in [-0.39, 0.29) is 17.2 Å². The maximum Gasteiger partial charge on any atom is 0.268 e. The van der Waals surface area contributed by atoms with Crippen LogP contribution in [0.3, 0.4) is 0 Å². The van der Waals surface area contributed by atoms with Crippen LogP contribution in [0.1, 0.15) is 5.56 Å². The first kappa shape index (κ1) is 18.5. The number of aromatic hydroxyl groups is 1. The molecule has 6 nitrogen and oxygen atoms in total. The molecule has 0 bridgehead atoms. The van der Waals surface area contributed by atoms with Crippen LogP contribution in [0.25, 0.3) is 12.2 Å². The Labute approximate surface area is 159 Å². The molecule has 0 unspecified atom stereocenters. The van der Waals surface area contributed by atoms with Crippen molar-refractivity contribution in [2.24, 2.45) is 7.05 Å². The fourth-order valence-corrected chi connectivity index (χ4v) is 3.53. The van der Waals surface area contributed by atoms with Gasteiger partial charge in [-0.3, -0.25) is 9.59 Å². The lowest BCUT2D eigenvalue weighted by Gasteiger charge is -2.07. The standard InChI is InChI=1S/C20H18N2O4S/c1-22-19(12-18(24)21-15-8-3-4-9-16(15)26-2)27-17(20(22)25)11-13-6-5-7-14(23)10-13/h3-12,23H,1-2H3,(H,21,24)/b17-11-,19-12-. The van der Waals surface area contributed by atoms with Crippen LogP contribution in [0.5, 0.6) is 11.5 Å². The van der Waals surface area contributed by atoms with Crippen molar-refractivity contribution in [1.29, 1.82) is 0 Å². The normalized spacial score (nSPS) is 12.2. The number of hydrogen-bond donors (Lipinski definition) is 2. The van der Waals surface area contributed by atoms with Crippen LogP contribution in [-0.4, -0.2) is 22.7 Å². The second-order valence-electron chi connectivity index (χ2n) is 5.74. The topological polar surface area (TPSA) is 80.6 Å². The van der Waals surface area contributed by atoms with Crippen LogP contribution in [0, 0.1) is 0 Å². The van der Waals surface area contributed by atoms with Crippen molar-refractivity contribution in [1.82, 2.24) is 4.57 Å². The van der Waals surface area contributed by atoms with E-state index >= 15 is 0 Å². The van der Waals surface area contributed by atoms with E-state index < -0.39 is 0 Å². The Bertz CT molecular complexity index is 1160. The molecular formula is C20H18N2O4S. The van der Waals surface area contributed by atoms with Crippen LogP contribution >= 0.6 is 11.3 Å². The minimum absolute atomic E-state index is 0.125. The second kappa shape index (κ2) is 7.92. The van der Waals surface area contributed by atoms with Gasteiger partial charge in [0.2, 0.25) is 0 Å². The number of ether oxygens (including phenoxy) is 1. The molecule has 0 radical (unpaired) electrons. The highest BCUT2D eigenvalue weighted by Crippen LogP contribution is 2.22. The Morgan fingerprint density at radius 3 is 2.74 bits per heavy atom. The largest absolute Gasteiger partial charge is 0.508 e. The number of para-hydroxylation sites is 2. The van der Waals surface area contributed by atoms with Gasteiger partial charge in [0.1, 0.15) is 16.2 Å². The average molecular weight is 382 g/mol. The molecule has 0 atom stereocenters. The minimum Gasteiger partial charge on any atom is -0.508 e. The number of rotatable bonds is 4. The third kappa shape index (κ3) is 4.27. The molecule has 0 fully saturated rings. The number of amides is 1. The highest BCUT2D eigenvalue weighted by molar-refractivity contribution is 7.07. The van der Waals surface area contributed by atoms with Crippen molar-refractivity contribution in [2.75, 3.05) is 12.4 Å². The molecule has 27 heavy (non-hydrogen) atoms. The van der Waals surface area contributed by atoms with Crippen molar-refractivity contribution in [3.8, 4) is 11.5 Å². The molecule has 7 heteroatoms. The van der Waals surface area contributed by atoms with E-state index in [0.29, 0.717) is 26.2 Å². The number of carbonyl (C=O) groups excluding carboxylic acids is 1. The molecule has 0 aliphatic carbocycles. The quantitative estimate of drug-likeness (QED) is 0.715. The van der Waals surface area contributed by atoms with Gasteiger partial charge < -0.3 is 19.7 Å². The Balaban J connectivity index is 1.95.